The van der Waals surface area contributed by atoms with Crippen molar-refractivity contribution in [1.29, 1.82) is 0 Å². The Morgan fingerprint density at radius 3 is 2.75 bits per heavy atom. The highest BCUT2D eigenvalue weighted by molar-refractivity contribution is 8.00. The number of pyridine rings is 1. The number of hydrogen-bond donors (Lipinski definition) is 0. The molecule has 3 aromatic rings. The van der Waals surface area contributed by atoms with E-state index < -0.39 is 0 Å². The largest absolute Gasteiger partial charge is 0.494 e. The Bertz CT molecular complexity index is 1030. The number of aryl methyl sites for hydroxylation is 1. The van der Waals surface area contributed by atoms with Crippen molar-refractivity contribution < 1.29 is 19.0 Å². The highest BCUT2D eigenvalue weighted by Gasteiger charge is 2.16. The standard InChI is InChI=1S/C22H21NO4S/c1-3-25-17-5-6-18-16(11-17)10-14(2)22(23-18)28-13-19(24)15-4-7-20-21(12-15)27-9-8-26-20/h4-7,10-12H,3,8-9,13H2,1-2H3. The molecule has 1 aliphatic heterocycles. The number of nitrogens with zero attached hydrogens (tertiary/aromatic N) is 1. The molecule has 0 saturated heterocycles. The number of ketones is 1. The molecule has 4 rings (SSSR count). The number of carbonyl (C=O) groups excluding carboxylic acids is 1. The van der Waals surface area contributed by atoms with E-state index in [0.29, 0.717) is 42.6 Å². The smallest absolute Gasteiger partial charge is 0.173 e. The molecule has 144 valence electrons. The number of Topliss-reactive ketones (excluding diaryl/α,β-unsaturated/α-hetero) is 1. The first-order chi connectivity index (χ1) is 13.6. The Balaban J connectivity index is 1.49. The van der Waals surface area contributed by atoms with Crippen LogP contribution in [-0.4, -0.2) is 36.3 Å². The summed E-state index contributed by atoms with van der Waals surface area (Å²) in [6.45, 7) is 5.65. The molecular formula is C22H21NO4S. The van der Waals surface area contributed by atoms with Gasteiger partial charge in [-0.05, 0) is 61.9 Å². The van der Waals surface area contributed by atoms with Crippen LogP contribution in [0.1, 0.15) is 22.8 Å². The summed E-state index contributed by atoms with van der Waals surface area (Å²) < 4.78 is 16.6. The zero-order valence-electron chi connectivity index (χ0n) is 15.9. The van der Waals surface area contributed by atoms with Crippen molar-refractivity contribution in [3.05, 3.63) is 53.6 Å². The van der Waals surface area contributed by atoms with E-state index >= 15 is 0 Å². The molecule has 6 heteroatoms. The number of fused-ring (bicyclic) bond motifs is 2. The van der Waals surface area contributed by atoms with Gasteiger partial charge >= 0.3 is 0 Å². The Morgan fingerprint density at radius 2 is 1.93 bits per heavy atom. The van der Waals surface area contributed by atoms with Gasteiger partial charge in [-0.2, -0.15) is 0 Å². The zero-order chi connectivity index (χ0) is 19.5. The van der Waals surface area contributed by atoms with Crippen LogP contribution in [0.5, 0.6) is 17.2 Å². The Labute approximate surface area is 168 Å². The van der Waals surface area contributed by atoms with Crippen molar-refractivity contribution in [2.75, 3.05) is 25.6 Å². The van der Waals surface area contributed by atoms with Gasteiger partial charge in [0.15, 0.2) is 17.3 Å². The molecule has 0 amide bonds. The molecule has 1 aliphatic rings. The SMILES string of the molecule is CCOc1ccc2nc(SCC(=O)c3ccc4c(c3)OCCO4)c(C)cc2c1. The zero-order valence-corrected chi connectivity index (χ0v) is 16.7. The minimum absolute atomic E-state index is 0.0370. The number of ether oxygens (including phenoxy) is 3. The van der Waals surface area contributed by atoms with Crippen LogP contribution in [-0.2, 0) is 0 Å². The van der Waals surface area contributed by atoms with E-state index in [1.165, 1.54) is 11.8 Å². The van der Waals surface area contributed by atoms with Crippen molar-refractivity contribution in [2.45, 2.75) is 18.9 Å². The maximum absolute atomic E-state index is 12.6. The fourth-order valence-electron chi connectivity index (χ4n) is 3.08. The quantitative estimate of drug-likeness (QED) is 0.446. The molecular weight excluding hydrogens is 374 g/mol. The second-order valence-electron chi connectivity index (χ2n) is 6.47. The average Bonchev–Trinajstić information content (AvgIpc) is 2.72. The molecule has 28 heavy (non-hydrogen) atoms. The van der Waals surface area contributed by atoms with Gasteiger partial charge in [-0.15, -0.1) is 0 Å². The lowest BCUT2D eigenvalue weighted by atomic mass is 10.1. The van der Waals surface area contributed by atoms with E-state index in [4.69, 9.17) is 19.2 Å². The second-order valence-corrected chi connectivity index (χ2v) is 7.43. The summed E-state index contributed by atoms with van der Waals surface area (Å²) in [6.07, 6.45) is 0. The summed E-state index contributed by atoms with van der Waals surface area (Å²) >= 11 is 1.45. The number of benzene rings is 2. The van der Waals surface area contributed by atoms with Crippen molar-refractivity contribution in [2.24, 2.45) is 0 Å². The van der Waals surface area contributed by atoms with Crippen molar-refractivity contribution in [3.8, 4) is 17.2 Å². The van der Waals surface area contributed by atoms with Crippen LogP contribution in [0.4, 0.5) is 0 Å². The van der Waals surface area contributed by atoms with Crippen LogP contribution < -0.4 is 14.2 Å². The summed E-state index contributed by atoms with van der Waals surface area (Å²) in [7, 11) is 0. The van der Waals surface area contributed by atoms with E-state index in [1.807, 2.05) is 32.0 Å². The third kappa shape index (κ3) is 3.92. The van der Waals surface area contributed by atoms with E-state index in [2.05, 4.69) is 6.07 Å². The van der Waals surface area contributed by atoms with Crippen molar-refractivity contribution >= 4 is 28.4 Å². The molecule has 0 fully saturated rings. The van der Waals surface area contributed by atoms with Crippen molar-refractivity contribution in [1.82, 2.24) is 4.98 Å². The summed E-state index contributed by atoms with van der Waals surface area (Å²) in [6, 6.07) is 13.3. The number of carbonyl (C=O) groups is 1. The highest BCUT2D eigenvalue weighted by atomic mass is 32.2. The average molecular weight is 395 g/mol. The molecule has 2 heterocycles. The van der Waals surface area contributed by atoms with Crippen LogP contribution in [0.3, 0.4) is 0 Å². The second kappa shape index (κ2) is 8.10. The maximum atomic E-state index is 12.6. The van der Waals surface area contributed by atoms with E-state index in [1.54, 1.807) is 18.2 Å². The predicted octanol–water partition coefficient (Wildman–Crippen LogP) is 4.69. The Morgan fingerprint density at radius 1 is 1.11 bits per heavy atom. The van der Waals surface area contributed by atoms with Gasteiger partial charge in [-0.1, -0.05) is 11.8 Å². The molecule has 5 nitrogen and oxygen atoms in total. The third-order valence-electron chi connectivity index (χ3n) is 4.45. The molecule has 0 N–H and O–H groups in total. The lowest BCUT2D eigenvalue weighted by Gasteiger charge is -2.18. The number of aromatic nitrogens is 1. The molecule has 0 aliphatic carbocycles. The van der Waals surface area contributed by atoms with Crippen molar-refractivity contribution in [3.63, 3.8) is 0 Å². The Hall–Kier alpha value is -2.73. The summed E-state index contributed by atoms with van der Waals surface area (Å²) in [5.41, 5.74) is 2.56. The van der Waals surface area contributed by atoms with Gasteiger partial charge in [0.1, 0.15) is 24.0 Å². The van der Waals surface area contributed by atoms with Gasteiger partial charge in [0.05, 0.1) is 17.9 Å². The monoisotopic (exact) mass is 395 g/mol. The van der Waals surface area contributed by atoms with Gasteiger partial charge in [-0.25, -0.2) is 4.98 Å². The van der Waals surface area contributed by atoms with Gasteiger partial charge in [0.25, 0.3) is 0 Å². The lowest BCUT2D eigenvalue weighted by molar-refractivity contribution is 0.102. The van der Waals surface area contributed by atoms with Crippen LogP contribution in [0.25, 0.3) is 10.9 Å². The third-order valence-corrected chi connectivity index (χ3v) is 5.54. The number of thioether (sulfide) groups is 1. The first-order valence-electron chi connectivity index (χ1n) is 9.24. The maximum Gasteiger partial charge on any atom is 0.173 e. The Kier molecular flexibility index (Phi) is 5.39. The van der Waals surface area contributed by atoms with Crippen LogP contribution in [0, 0.1) is 6.92 Å². The number of hydrogen-bond acceptors (Lipinski definition) is 6. The first kappa shape index (κ1) is 18.6. The minimum Gasteiger partial charge on any atom is -0.494 e. The molecule has 0 radical (unpaired) electrons. The molecule has 0 spiro atoms. The number of rotatable bonds is 6. The summed E-state index contributed by atoms with van der Waals surface area (Å²) in [4.78, 5) is 17.4. The summed E-state index contributed by atoms with van der Waals surface area (Å²) in [5.74, 6) is 2.51. The molecule has 2 aromatic carbocycles. The van der Waals surface area contributed by atoms with E-state index in [0.717, 1.165) is 27.2 Å². The highest BCUT2D eigenvalue weighted by Crippen LogP contribution is 2.32. The normalized spacial score (nSPS) is 12.8. The van der Waals surface area contributed by atoms with Gasteiger partial charge < -0.3 is 14.2 Å². The molecule has 1 aromatic heterocycles. The fourth-order valence-corrected chi connectivity index (χ4v) is 3.96. The topological polar surface area (TPSA) is 57.7 Å². The minimum atomic E-state index is 0.0370. The van der Waals surface area contributed by atoms with Crippen LogP contribution in [0.15, 0.2) is 47.5 Å². The van der Waals surface area contributed by atoms with Gasteiger partial charge in [-0.3, -0.25) is 4.79 Å². The fraction of sp³-hybridized carbons (Fsp3) is 0.273. The molecule has 0 unspecified atom stereocenters. The lowest BCUT2D eigenvalue weighted by Crippen LogP contribution is -2.16. The molecule has 0 atom stereocenters. The van der Waals surface area contributed by atoms with Crippen LogP contribution >= 0.6 is 11.8 Å². The molecule has 0 bridgehead atoms. The van der Waals surface area contributed by atoms with E-state index in [-0.39, 0.29) is 5.78 Å². The first-order valence-corrected chi connectivity index (χ1v) is 10.2. The van der Waals surface area contributed by atoms with Crippen LogP contribution in [0.2, 0.25) is 0 Å². The van der Waals surface area contributed by atoms with E-state index in [9.17, 15) is 4.79 Å². The van der Waals surface area contributed by atoms with Gasteiger partial charge in [0.2, 0.25) is 0 Å². The predicted molar refractivity (Wildman–Crippen MR) is 110 cm³/mol. The summed E-state index contributed by atoms with van der Waals surface area (Å²) in [5, 5.41) is 1.90. The van der Waals surface area contributed by atoms with Gasteiger partial charge in [0, 0.05) is 10.9 Å². The molecule has 0 saturated carbocycles.